The molecule has 2 heterocycles. The molecule has 0 bridgehead atoms. The van der Waals surface area contributed by atoms with Crippen LogP contribution in [0, 0.1) is 0 Å². The van der Waals surface area contributed by atoms with Crippen LogP contribution < -0.4 is 20.9 Å². The fourth-order valence-electron chi connectivity index (χ4n) is 2.52. The molecule has 4 rings (SSSR count). The molecule has 32 heavy (non-hydrogen) atoms. The van der Waals surface area contributed by atoms with E-state index in [1.165, 1.54) is 0 Å². The van der Waals surface area contributed by atoms with Crippen molar-refractivity contribution in [1.82, 2.24) is 40.6 Å². The summed E-state index contributed by atoms with van der Waals surface area (Å²) in [6.07, 6.45) is 3.11. The van der Waals surface area contributed by atoms with Gasteiger partial charge in [0.25, 0.3) is 11.9 Å². The smallest absolute Gasteiger partial charge is 0.263 e. The molecule has 0 radical (unpaired) electrons. The van der Waals surface area contributed by atoms with Crippen LogP contribution in [-0.4, -0.2) is 66.3 Å². The molecule has 0 aliphatic carbocycles. The largest absolute Gasteiger partial charge is 0.489 e. The van der Waals surface area contributed by atoms with Crippen LogP contribution in [-0.2, 0) is 0 Å². The van der Waals surface area contributed by atoms with Crippen LogP contribution in [0.25, 0.3) is 0 Å². The summed E-state index contributed by atoms with van der Waals surface area (Å²) < 4.78 is 11.7. The van der Waals surface area contributed by atoms with Crippen LogP contribution in [0.15, 0.2) is 58.7 Å². The van der Waals surface area contributed by atoms with Gasteiger partial charge in [-0.05, 0) is 45.1 Å². The molecule has 0 aliphatic heterocycles. The number of benzene rings is 2. The topological polar surface area (TPSA) is 182 Å². The Labute approximate surface area is 181 Å². The highest BCUT2D eigenvalue weighted by Gasteiger charge is 2.05. The van der Waals surface area contributed by atoms with Crippen LogP contribution in [0.1, 0.15) is 11.1 Å². The number of rotatable bonds is 9. The van der Waals surface area contributed by atoms with Gasteiger partial charge in [0.2, 0.25) is 0 Å². The molecule has 0 aliphatic rings. The Bertz CT molecular complexity index is 1140. The number of para-hydroxylation sites is 2. The van der Waals surface area contributed by atoms with Crippen molar-refractivity contribution >= 4 is 24.3 Å². The molecule has 2 aromatic carbocycles. The average Bonchev–Trinajstić information content (AvgIpc) is 3.42. The summed E-state index contributed by atoms with van der Waals surface area (Å²) in [7, 11) is 0. The Morgan fingerprint density at radius 3 is 1.56 bits per heavy atom. The van der Waals surface area contributed by atoms with E-state index in [2.05, 4.69) is 41.3 Å². The molecule has 14 nitrogen and oxygen atoms in total. The number of anilines is 2. The Kier molecular flexibility index (Phi) is 6.21. The highest BCUT2D eigenvalue weighted by atomic mass is 16.5. The molecule has 2 aromatic heterocycles. The zero-order valence-corrected chi connectivity index (χ0v) is 16.6. The Hall–Kier alpha value is -4.88. The normalized spacial score (nSPS) is 11.4. The van der Waals surface area contributed by atoms with E-state index >= 15 is 0 Å². The van der Waals surface area contributed by atoms with Gasteiger partial charge in [0.05, 0.1) is 12.4 Å². The fraction of sp³-hybridized carbons (Fsp3) is 0.111. The lowest BCUT2D eigenvalue weighted by Gasteiger charge is -2.11. The van der Waals surface area contributed by atoms with Crippen molar-refractivity contribution in [3.63, 3.8) is 0 Å². The van der Waals surface area contributed by atoms with Gasteiger partial charge in [-0.2, -0.15) is 10.2 Å². The zero-order valence-electron chi connectivity index (χ0n) is 16.6. The number of ether oxygens (including phenoxy) is 2. The van der Waals surface area contributed by atoms with Crippen molar-refractivity contribution < 1.29 is 9.47 Å². The minimum absolute atomic E-state index is 0.0815. The maximum absolute atomic E-state index is 5.84. The van der Waals surface area contributed by atoms with E-state index < -0.39 is 0 Å². The lowest BCUT2D eigenvalue weighted by molar-refractivity contribution is 0.217. The molecule has 0 atom stereocenters. The van der Waals surface area contributed by atoms with Crippen molar-refractivity contribution in [3.05, 3.63) is 59.7 Å². The monoisotopic (exact) mass is 434 g/mol. The molecule has 4 N–H and O–H groups in total. The van der Waals surface area contributed by atoms with Crippen molar-refractivity contribution in [2.75, 3.05) is 24.7 Å². The first-order chi connectivity index (χ1) is 15.7. The summed E-state index contributed by atoms with van der Waals surface area (Å²) in [4.78, 5) is 2.22. The molecule has 0 unspecified atom stereocenters. The van der Waals surface area contributed by atoms with Crippen LogP contribution in [0.2, 0.25) is 0 Å². The third-order valence-electron chi connectivity index (χ3n) is 4.00. The van der Waals surface area contributed by atoms with Gasteiger partial charge in [-0.3, -0.25) is 0 Å². The maximum atomic E-state index is 5.84. The molecular weight excluding hydrogens is 416 g/mol. The molecule has 14 heteroatoms. The number of hydrogen-bond donors (Lipinski definition) is 2. The van der Waals surface area contributed by atoms with Crippen molar-refractivity contribution in [3.8, 4) is 11.5 Å². The summed E-state index contributed by atoms with van der Waals surface area (Å²) in [5, 5.41) is 29.5. The number of nitrogens with two attached hydrogens (primary N) is 2. The zero-order chi connectivity index (χ0) is 22.2. The van der Waals surface area contributed by atoms with Crippen LogP contribution in [0.5, 0.6) is 11.5 Å². The SMILES string of the molecule is Nc1nnnn1/N=C/c1ccccc1OCCOc1ccccc1/C=N/n1nnnc1N. The molecule has 0 saturated heterocycles. The average molecular weight is 434 g/mol. The summed E-state index contributed by atoms with van der Waals surface area (Å²) in [6, 6.07) is 14.8. The predicted octanol–water partition coefficient (Wildman–Crippen LogP) is 0.0462. The molecule has 0 fully saturated rings. The van der Waals surface area contributed by atoms with Gasteiger partial charge < -0.3 is 20.9 Å². The van der Waals surface area contributed by atoms with E-state index in [-0.39, 0.29) is 11.9 Å². The van der Waals surface area contributed by atoms with Crippen LogP contribution >= 0.6 is 0 Å². The van der Waals surface area contributed by atoms with Gasteiger partial charge in [0.15, 0.2) is 0 Å². The summed E-state index contributed by atoms with van der Waals surface area (Å²) in [6.45, 7) is 0.590. The standard InChI is InChI=1S/C18H18N12O2/c19-17-23-25-27-29(17)21-11-13-5-1-3-7-15(13)31-9-10-32-16-8-4-2-6-14(16)12-22-30-18(20)24-26-28-30/h1-8,11-12H,9-10H2,(H2,19,23,27)(H2,20,24,28)/b21-11+,22-12+. The van der Waals surface area contributed by atoms with E-state index in [0.29, 0.717) is 24.7 Å². The van der Waals surface area contributed by atoms with Gasteiger partial charge in [0, 0.05) is 11.1 Å². The first kappa shape index (κ1) is 20.4. The van der Waals surface area contributed by atoms with Gasteiger partial charge in [-0.25, -0.2) is 0 Å². The summed E-state index contributed by atoms with van der Waals surface area (Å²) in [5.41, 5.74) is 12.7. The Morgan fingerprint density at radius 1 is 0.719 bits per heavy atom. The minimum atomic E-state index is 0.0815. The summed E-state index contributed by atoms with van der Waals surface area (Å²) in [5.74, 6) is 1.40. The fourth-order valence-corrected chi connectivity index (χ4v) is 2.52. The van der Waals surface area contributed by atoms with E-state index in [0.717, 1.165) is 20.7 Å². The number of nitrogens with zero attached hydrogens (tertiary/aromatic N) is 10. The van der Waals surface area contributed by atoms with Gasteiger partial charge in [-0.15, -0.1) is 0 Å². The van der Waals surface area contributed by atoms with E-state index in [1.54, 1.807) is 12.4 Å². The maximum Gasteiger partial charge on any atom is 0.263 e. The first-order valence-corrected chi connectivity index (χ1v) is 9.31. The van der Waals surface area contributed by atoms with Crippen molar-refractivity contribution in [1.29, 1.82) is 0 Å². The Balaban J connectivity index is 1.36. The van der Waals surface area contributed by atoms with Crippen molar-refractivity contribution in [2.24, 2.45) is 10.2 Å². The molecular formula is C18H18N12O2. The van der Waals surface area contributed by atoms with E-state index in [1.807, 2.05) is 48.5 Å². The van der Waals surface area contributed by atoms with Crippen LogP contribution in [0.4, 0.5) is 11.9 Å². The minimum Gasteiger partial charge on any atom is -0.489 e. The third kappa shape index (κ3) is 4.99. The number of tetrazole rings is 2. The van der Waals surface area contributed by atoms with E-state index in [4.69, 9.17) is 20.9 Å². The lowest BCUT2D eigenvalue weighted by Crippen LogP contribution is -2.11. The number of hydrogen-bond acceptors (Lipinski definition) is 12. The van der Waals surface area contributed by atoms with Gasteiger partial charge in [-0.1, -0.05) is 44.0 Å². The molecule has 0 amide bonds. The third-order valence-corrected chi connectivity index (χ3v) is 4.00. The second-order valence-electron chi connectivity index (χ2n) is 6.11. The summed E-state index contributed by atoms with van der Waals surface area (Å²) >= 11 is 0. The molecule has 162 valence electrons. The molecule has 0 spiro atoms. The Morgan fingerprint density at radius 2 is 1.16 bits per heavy atom. The molecule has 0 saturated carbocycles. The molecule has 4 aromatic rings. The van der Waals surface area contributed by atoms with E-state index in [9.17, 15) is 0 Å². The first-order valence-electron chi connectivity index (χ1n) is 9.31. The quantitative estimate of drug-likeness (QED) is 0.269. The highest BCUT2D eigenvalue weighted by molar-refractivity contribution is 5.84. The second kappa shape index (κ2) is 9.75. The number of aromatic nitrogens is 8. The van der Waals surface area contributed by atoms with Crippen LogP contribution in [0.3, 0.4) is 0 Å². The highest BCUT2D eigenvalue weighted by Crippen LogP contribution is 2.18. The predicted molar refractivity (Wildman–Crippen MR) is 114 cm³/mol. The van der Waals surface area contributed by atoms with Gasteiger partial charge >= 0.3 is 0 Å². The van der Waals surface area contributed by atoms with Crippen molar-refractivity contribution in [2.45, 2.75) is 0 Å². The lowest BCUT2D eigenvalue weighted by atomic mass is 10.2. The van der Waals surface area contributed by atoms with Gasteiger partial charge in [0.1, 0.15) is 24.7 Å². The second-order valence-corrected chi connectivity index (χ2v) is 6.11. The number of nitrogen functional groups attached to an aromatic ring is 2.